The Balaban J connectivity index is 1.49. The monoisotopic (exact) mass is 480 g/mol. The first-order chi connectivity index (χ1) is 15.9. The van der Waals surface area contributed by atoms with Crippen LogP contribution in [0.3, 0.4) is 0 Å². The third kappa shape index (κ3) is 4.01. The number of fused-ring (bicyclic) bond motifs is 1. The molecule has 3 aromatic rings. The van der Waals surface area contributed by atoms with Crippen LogP contribution < -0.4 is 15.4 Å². The Kier molecular flexibility index (Phi) is 5.64. The van der Waals surface area contributed by atoms with Gasteiger partial charge < -0.3 is 5.11 Å². The molecular formula is C25H22Cl2N4O2. The van der Waals surface area contributed by atoms with Crippen molar-refractivity contribution in [1.29, 1.82) is 0 Å². The zero-order valence-electron chi connectivity index (χ0n) is 17.9. The number of nitrogens with zero attached hydrogens (tertiary/aromatic N) is 3. The van der Waals surface area contributed by atoms with E-state index in [0.29, 0.717) is 28.0 Å². The minimum Gasteiger partial charge on any atom is -0.508 e. The number of phenols is 1. The van der Waals surface area contributed by atoms with Gasteiger partial charge in [0.15, 0.2) is 0 Å². The summed E-state index contributed by atoms with van der Waals surface area (Å²) in [5, 5.41) is 19.1. The normalized spacial score (nSPS) is 19.4. The molecule has 0 saturated heterocycles. The SMILES string of the molecule is C[C@H]1C(C(=O)NN2CCc3ccccc32)=NN(c2ccc(Cl)cc2Cl)[C@H]1c1ccc(O)cc1. The van der Waals surface area contributed by atoms with Gasteiger partial charge in [0.05, 0.1) is 22.4 Å². The Morgan fingerprint density at radius 2 is 1.82 bits per heavy atom. The Morgan fingerprint density at radius 3 is 2.58 bits per heavy atom. The van der Waals surface area contributed by atoms with Gasteiger partial charge in [0.2, 0.25) is 0 Å². The summed E-state index contributed by atoms with van der Waals surface area (Å²) in [7, 11) is 0. The van der Waals surface area contributed by atoms with E-state index in [0.717, 1.165) is 17.7 Å². The lowest BCUT2D eigenvalue weighted by Crippen LogP contribution is -2.45. The summed E-state index contributed by atoms with van der Waals surface area (Å²) in [6, 6.07) is 19.9. The summed E-state index contributed by atoms with van der Waals surface area (Å²) in [6.45, 7) is 2.68. The predicted octanol–water partition coefficient (Wildman–Crippen LogP) is 5.35. The Hall–Kier alpha value is -3.22. The second-order valence-corrected chi connectivity index (χ2v) is 9.07. The predicted molar refractivity (Wildman–Crippen MR) is 132 cm³/mol. The van der Waals surface area contributed by atoms with Crippen LogP contribution in [0.4, 0.5) is 11.4 Å². The number of nitrogens with one attached hydrogen (secondary N) is 1. The summed E-state index contributed by atoms with van der Waals surface area (Å²) < 4.78 is 0. The van der Waals surface area contributed by atoms with E-state index in [2.05, 4.69) is 11.5 Å². The van der Waals surface area contributed by atoms with E-state index in [9.17, 15) is 9.90 Å². The van der Waals surface area contributed by atoms with Crippen LogP contribution in [0.1, 0.15) is 24.1 Å². The van der Waals surface area contributed by atoms with Gasteiger partial charge in [-0.2, -0.15) is 5.10 Å². The summed E-state index contributed by atoms with van der Waals surface area (Å²) >= 11 is 12.6. The molecule has 0 aromatic heterocycles. The molecule has 1 amide bonds. The second-order valence-electron chi connectivity index (χ2n) is 8.22. The van der Waals surface area contributed by atoms with Gasteiger partial charge in [-0.1, -0.05) is 60.5 Å². The maximum atomic E-state index is 13.4. The molecule has 33 heavy (non-hydrogen) atoms. The third-order valence-electron chi connectivity index (χ3n) is 6.13. The fraction of sp³-hybridized carbons (Fsp3) is 0.200. The van der Waals surface area contributed by atoms with Crippen molar-refractivity contribution in [3.05, 3.63) is 87.9 Å². The second kappa shape index (κ2) is 8.61. The fourth-order valence-corrected chi connectivity index (χ4v) is 4.98. The molecule has 0 fully saturated rings. The molecule has 0 radical (unpaired) electrons. The van der Waals surface area contributed by atoms with Gasteiger partial charge in [0.25, 0.3) is 5.91 Å². The van der Waals surface area contributed by atoms with Gasteiger partial charge in [0, 0.05) is 17.5 Å². The van der Waals surface area contributed by atoms with Crippen molar-refractivity contribution in [3.63, 3.8) is 0 Å². The van der Waals surface area contributed by atoms with E-state index in [1.54, 1.807) is 35.3 Å². The van der Waals surface area contributed by atoms with Crippen LogP contribution >= 0.6 is 23.2 Å². The van der Waals surface area contributed by atoms with Crippen LogP contribution in [0.2, 0.25) is 10.0 Å². The molecule has 168 valence electrons. The number of amides is 1. The van der Waals surface area contributed by atoms with Gasteiger partial charge in [-0.3, -0.25) is 20.2 Å². The number of phenolic OH excluding ortho intramolecular Hbond substituents is 1. The molecule has 2 aliphatic heterocycles. The molecule has 5 rings (SSSR count). The van der Waals surface area contributed by atoms with Crippen molar-refractivity contribution in [3.8, 4) is 5.75 Å². The highest BCUT2D eigenvalue weighted by molar-refractivity contribution is 6.41. The number of aromatic hydroxyl groups is 1. The highest BCUT2D eigenvalue weighted by atomic mass is 35.5. The molecular weight excluding hydrogens is 459 g/mol. The average Bonchev–Trinajstić information content (AvgIpc) is 3.36. The molecule has 2 aliphatic rings. The Labute approximate surface area is 202 Å². The molecule has 0 saturated carbocycles. The Morgan fingerprint density at radius 1 is 1.06 bits per heavy atom. The molecule has 0 aliphatic carbocycles. The lowest BCUT2D eigenvalue weighted by molar-refractivity contribution is -0.115. The van der Waals surface area contributed by atoms with Gasteiger partial charge in [0.1, 0.15) is 11.5 Å². The van der Waals surface area contributed by atoms with Crippen molar-refractivity contribution in [2.24, 2.45) is 11.0 Å². The number of carbonyl (C=O) groups is 1. The number of hydrogen-bond donors (Lipinski definition) is 2. The minimum atomic E-state index is -0.282. The van der Waals surface area contributed by atoms with Crippen LogP contribution in [0.15, 0.2) is 71.8 Å². The first-order valence-corrected chi connectivity index (χ1v) is 11.5. The van der Waals surface area contributed by atoms with E-state index < -0.39 is 0 Å². The smallest absolute Gasteiger partial charge is 0.286 e. The van der Waals surface area contributed by atoms with Crippen LogP contribution in [0, 0.1) is 5.92 Å². The first-order valence-electron chi connectivity index (χ1n) is 10.7. The van der Waals surface area contributed by atoms with Crippen molar-refractivity contribution in [2.45, 2.75) is 19.4 Å². The van der Waals surface area contributed by atoms with Gasteiger partial charge in [-0.25, -0.2) is 0 Å². The van der Waals surface area contributed by atoms with E-state index in [4.69, 9.17) is 28.3 Å². The molecule has 0 bridgehead atoms. The van der Waals surface area contributed by atoms with Crippen LogP contribution in [-0.4, -0.2) is 23.3 Å². The maximum Gasteiger partial charge on any atom is 0.286 e. The van der Waals surface area contributed by atoms with Gasteiger partial charge >= 0.3 is 0 Å². The van der Waals surface area contributed by atoms with E-state index in [-0.39, 0.29) is 23.6 Å². The van der Waals surface area contributed by atoms with E-state index in [1.165, 1.54) is 5.56 Å². The number of hydrogen-bond acceptors (Lipinski definition) is 5. The van der Waals surface area contributed by atoms with Crippen LogP contribution in [-0.2, 0) is 11.2 Å². The minimum absolute atomic E-state index is 0.173. The molecule has 2 atom stereocenters. The number of hydrazine groups is 1. The molecule has 3 aromatic carbocycles. The number of carbonyl (C=O) groups excluding carboxylic acids is 1. The van der Waals surface area contributed by atoms with Crippen molar-refractivity contribution < 1.29 is 9.90 Å². The Bertz CT molecular complexity index is 1250. The number of hydrazone groups is 1. The van der Waals surface area contributed by atoms with Crippen molar-refractivity contribution in [2.75, 3.05) is 16.6 Å². The highest BCUT2D eigenvalue weighted by Gasteiger charge is 2.40. The van der Waals surface area contributed by atoms with Crippen molar-refractivity contribution in [1.82, 2.24) is 5.43 Å². The zero-order valence-corrected chi connectivity index (χ0v) is 19.4. The maximum absolute atomic E-state index is 13.4. The van der Waals surface area contributed by atoms with Gasteiger partial charge in [-0.05, 0) is 53.9 Å². The summed E-state index contributed by atoms with van der Waals surface area (Å²) in [5.74, 6) is -0.318. The number of halogens is 2. The first kappa shape index (κ1) is 21.6. The lowest BCUT2D eigenvalue weighted by Gasteiger charge is -2.27. The molecule has 6 nitrogen and oxygen atoms in total. The molecule has 2 N–H and O–H groups in total. The molecule has 0 spiro atoms. The molecule has 2 heterocycles. The zero-order chi connectivity index (χ0) is 23.1. The number of para-hydroxylation sites is 1. The largest absolute Gasteiger partial charge is 0.508 e. The number of benzene rings is 3. The summed E-state index contributed by atoms with van der Waals surface area (Å²) in [4.78, 5) is 13.4. The third-order valence-corrected chi connectivity index (χ3v) is 6.67. The van der Waals surface area contributed by atoms with E-state index in [1.807, 2.05) is 42.3 Å². The summed E-state index contributed by atoms with van der Waals surface area (Å²) in [5.41, 5.74) is 7.20. The van der Waals surface area contributed by atoms with E-state index >= 15 is 0 Å². The van der Waals surface area contributed by atoms with Crippen molar-refractivity contribution >= 4 is 46.2 Å². The number of anilines is 2. The highest BCUT2D eigenvalue weighted by Crippen LogP contribution is 2.42. The standard InChI is InChI=1S/C25H22Cl2N4O2/c1-15-23(25(33)29-30-13-12-16-4-2-3-5-21(16)30)28-31(22-11-8-18(26)14-20(22)27)24(15)17-6-9-19(32)10-7-17/h2-11,14-15,24,32H,12-13H2,1H3,(H,29,33)/t15-,24+/m0/s1. The van der Waals surface area contributed by atoms with Crippen LogP contribution in [0.5, 0.6) is 5.75 Å². The lowest BCUT2D eigenvalue weighted by atomic mass is 9.91. The molecule has 8 heteroatoms. The summed E-state index contributed by atoms with van der Waals surface area (Å²) in [6.07, 6.45) is 0.876. The average molecular weight is 481 g/mol. The topological polar surface area (TPSA) is 68.2 Å². The quantitative estimate of drug-likeness (QED) is 0.528. The van der Waals surface area contributed by atoms with Crippen LogP contribution in [0.25, 0.3) is 0 Å². The molecule has 0 unspecified atom stereocenters. The number of rotatable bonds is 4. The fourth-order valence-electron chi connectivity index (χ4n) is 4.49. The van der Waals surface area contributed by atoms with Gasteiger partial charge in [-0.15, -0.1) is 0 Å².